The van der Waals surface area contributed by atoms with Crippen molar-refractivity contribution in [3.8, 4) is 0 Å². The number of rotatable bonds is 7. The third kappa shape index (κ3) is 4.69. The molecule has 2 N–H and O–H groups in total. The maximum absolute atomic E-state index is 14.3. The summed E-state index contributed by atoms with van der Waals surface area (Å²) in [6.07, 6.45) is 3.19. The minimum absolute atomic E-state index is 0.0429. The van der Waals surface area contributed by atoms with Gasteiger partial charge in [-0.15, -0.1) is 11.3 Å². The highest BCUT2D eigenvalue weighted by Gasteiger charge is 2.35. The minimum atomic E-state index is -1.09. The number of anilines is 1. The third-order valence-electron chi connectivity index (χ3n) is 5.27. The molecule has 3 unspecified atom stereocenters. The van der Waals surface area contributed by atoms with Crippen molar-refractivity contribution < 1.29 is 14.3 Å². The number of carbonyl (C=O) groups excluding carboxylic acids is 1. The topological polar surface area (TPSA) is 75.1 Å². The molecule has 4 rings (SSSR count). The Morgan fingerprint density at radius 1 is 1.30 bits per heavy atom. The van der Waals surface area contributed by atoms with E-state index in [1.54, 1.807) is 6.07 Å². The number of aliphatic hydroxyl groups excluding tert-OH is 1. The zero-order chi connectivity index (χ0) is 21.1. The number of aliphatic hydroxyl groups is 1. The fraction of sp³-hybridized carbons (Fsp3) is 0.318. The average molecular weight is 446 g/mol. The van der Waals surface area contributed by atoms with Crippen molar-refractivity contribution in [1.82, 2.24) is 9.97 Å². The summed E-state index contributed by atoms with van der Waals surface area (Å²) in [5.41, 5.74) is 1.38. The number of alkyl halides is 1. The third-order valence-corrected chi connectivity index (χ3v) is 6.59. The van der Waals surface area contributed by atoms with Crippen LogP contribution in [0.4, 0.5) is 10.2 Å². The normalized spacial score (nSPS) is 21.0. The van der Waals surface area contributed by atoms with Crippen molar-refractivity contribution >= 4 is 34.5 Å². The molecule has 3 atom stereocenters. The summed E-state index contributed by atoms with van der Waals surface area (Å²) in [6.45, 7) is -0.0429. The van der Waals surface area contributed by atoms with Gasteiger partial charge in [0.25, 0.3) is 0 Å². The quantitative estimate of drug-likeness (QED) is 0.522. The molecule has 30 heavy (non-hydrogen) atoms. The summed E-state index contributed by atoms with van der Waals surface area (Å²) in [7, 11) is 0. The minimum Gasteiger partial charge on any atom is -0.396 e. The molecule has 3 aromatic rings. The Morgan fingerprint density at radius 2 is 2.17 bits per heavy atom. The Bertz CT molecular complexity index is 1040. The monoisotopic (exact) mass is 445 g/mol. The lowest BCUT2D eigenvalue weighted by molar-refractivity contribution is 0.104. The Morgan fingerprint density at radius 3 is 2.93 bits per heavy atom. The van der Waals surface area contributed by atoms with Gasteiger partial charge in [-0.1, -0.05) is 23.7 Å². The van der Waals surface area contributed by atoms with Gasteiger partial charge in [-0.2, -0.15) is 0 Å². The molecule has 1 aliphatic rings. The standard InChI is InChI=1S/C22H21ClFN3O2S/c23-15-3-1-2-13(6-15)7-16-4-5-20(30-16)21(29)17-10-25-12-26-22(17)27-19-9-14(11-28)8-18(19)24/h1-6,10,12,14,18-19,28H,7-9,11H2,(H,25,26,27). The van der Waals surface area contributed by atoms with Gasteiger partial charge in [0, 0.05) is 29.1 Å². The SMILES string of the molecule is O=C(c1ccc(Cc2cccc(Cl)c2)s1)c1cncnc1NC1CC(CO)CC1F. The van der Waals surface area contributed by atoms with E-state index < -0.39 is 12.2 Å². The molecule has 0 amide bonds. The first-order valence-electron chi connectivity index (χ1n) is 9.73. The summed E-state index contributed by atoms with van der Waals surface area (Å²) in [5, 5.41) is 13.0. The number of thiophene rings is 1. The van der Waals surface area contributed by atoms with Crippen molar-refractivity contribution in [2.45, 2.75) is 31.5 Å². The molecule has 8 heteroatoms. The molecule has 0 radical (unpaired) electrons. The van der Waals surface area contributed by atoms with Crippen LogP contribution in [0.25, 0.3) is 0 Å². The van der Waals surface area contributed by atoms with Crippen LogP contribution in [0.5, 0.6) is 0 Å². The van der Waals surface area contributed by atoms with Crippen LogP contribution in [0.15, 0.2) is 48.9 Å². The van der Waals surface area contributed by atoms with Crippen LogP contribution in [-0.4, -0.2) is 39.7 Å². The molecule has 1 saturated carbocycles. The van der Waals surface area contributed by atoms with E-state index in [0.717, 1.165) is 10.4 Å². The molecule has 0 spiro atoms. The maximum atomic E-state index is 14.3. The van der Waals surface area contributed by atoms with Crippen LogP contribution in [0.3, 0.4) is 0 Å². The molecular formula is C22H21ClFN3O2S. The van der Waals surface area contributed by atoms with E-state index in [9.17, 15) is 14.3 Å². The molecule has 1 aromatic carbocycles. The second-order valence-corrected chi connectivity index (χ2v) is 9.08. The van der Waals surface area contributed by atoms with Gasteiger partial charge < -0.3 is 10.4 Å². The number of carbonyl (C=O) groups is 1. The fourth-order valence-corrected chi connectivity index (χ4v) is 4.96. The number of nitrogens with zero attached hydrogens (tertiary/aromatic N) is 2. The summed E-state index contributed by atoms with van der Waals surface area (Å²) in [4.78, 5) is 22.9. The molecule has 5 nitrogen and oxygen atoms in total. The van der Waals surface area contributed by atoms with Crippen molar-refractivity contribution in [3.63, 3.8) is 0 Å². The number of benzene rings is 1. The Kier molecular flexibility index (Phi) is 6.41. The Labute approximate surface area is 183 Å². The molecule has 156 valence electrons. The van der Waals surface area contributed by atoms with Crippen LogP contribution < -0.4 is 5.32 Å². The molecule has 0 saturated heterocycles. The van der Waals surface area contributed by atoms with Gasteiger partial charge in [0.1, 0.15) is 18.3 Å². The first-order valence-corrected chi connectivity index (χ1v) is 10.9. The van der Waals surface area contributed by atoms with E-state index >= 15 is 0 Å². The molecule has 0 aliphatic heterocycles. The number of hydrogen-bond donors (Lipinski definition) is 2. The van der Waals surface area contributed by atoms with Crippen LogP contribution in [0.1, 0.15) is 38.5 Å². The number of hydrogen-bond acceptors (Lipinski definition) is 6. The largest absolute Gasteiger partial charge is 0.396 e. The molecule has 1 fully saturated rings. The first kappa shape index (κ1) is 20.9. The van der Waals surface area contributed by atoms with Crippen molar-refractivity contribution in [3.05, 3.63) is 74.8 Å². The van der Waals surface area contributed by atoms with Crippen LogP contribution in [-0.2, 0) is 6.42 Å². The van der Waals surface area contributed by atoms with Gasteiger partial charge in [-0.3, -0.25) is 4.79 Å². The summed E-state index contributed by atoms with van der Waals surface area (Å²) in [6, 6.07) is 10.9. The molecular weight excluding hydrogens is 425 g/mol. The molecule has 2 heterocycles. The van der Waals surface area contributed by atoms with Gasteiger partial charge in [0.2, 0.25) is 5.78 Å². The van der Waals surface area contributed by atoms with Crippen LogP contribution >= 0.6 is 22.9 Å². The van der Waals surface area contributed by atoms with Crippen LogP contribution in [0, 0.1) is 5.92 Å². The van der Waals surface area contributed by atoms with E-state index in [-0.39, 0.29) is 18.3 Å². The zero-order valence-corrected chi connectivity index (χ0v) is 17.7. The van der Waals surface area contributed by atoms with Crippen molar-refractivity contribution in [2.24, 2.45) is 5.92 Å². The lowest BCUT2D eigenvalue weighted by atomic mass is 10.1. The number of nitrogens with one attached hydrogen (secondary N) is 1. The number of ketones is 1. The van der Waals surface area contributed by atoms with E-state index in [4.69, 9.17) is 11.6 Å². The van der Waals surface area contributed by atoms with Crippen molar-refractivity contribution in [2.75, 3.05) is 11.9 Å². The van der Waals surface area contributed by atoms with E-state index in [1.807, 2.05) is 30.3 Å². The summed E-state index contributed by atoms with van der Waals surface area (Å²) in [5.74, 6) is 0.0448. The Hall–Kier alpha value is -2.35. The van der Waals surface area contributed by atoms with Crippen molar-refractivity contribution in [1.29, 1.82) is 0 Å². The summed E-state index contributed by atoms with van der Waals surface area (Å²) < 4.78 is 14.3. The first-order chi connectivity index (χ1) is 14.5. The molecule has 2 aromatic heterocycles. The maximum Gasteiger partial charge on any atom is 0.208 e. The predicted molar refractivity (Wildman–Crippen MR) is 116 cm³/mol. The molecule has 0 bridgehead atoms. The fourth-order valence-electron chi connectivity index (χ4n) is 3.75. The van der Waals surface area contributed by atoms with Gasteiger partial charge in [-0.05, 0) is 48.6 Å². The zero-order valence-electron chi connectivity index (χ0n) is 16.1. The second-order valence-electron chi connectivity index (χ2n) is 7.47. The van der Waals surface area contributed by atoms with Gasteiger partial charge in [0.05, 0.1) is 16.5 Å². The van der Waals surface area contributed by atoms with Gasteiger partial charge in [-0.25, -0.2) is 14.4 Å². The van der Waals surface area contributed by atoms with E-state index in [0.29, 0.717) is 40.5 Å². The molecule has 1 aliphatic carbocycles. The smallest absolute Gasteiger partial charge is 0.208 e. The Balaban J connectivity index is 1.51. The lowest BCUT2D eigenvalue weighted by Crippen LogP contribution is -2.27. The van der Waals surface area contributed by atoms with E-state index in [2.05, 4.69) is 15.3 Å². The lowest BCUT2D eigenvalue weighted by Gasteiger charge is -2.17. The predicted octanol–water partition coefficient (Wildman–Crippen LogP) is 4.53. The number of halogens is 2. The van der Waals surface area contributed by atoms with Gasteiger partial charge >= 0.3 is 0 Å². The average Bonchev–Trinajstić information content (AvgIpc) is 3.34. The van der Waals surface area contributed by atoms with E-state index in [1.165, 1.54) is 23.9 Å². The number of aromatic nitrogens is 2. The highest BCUT2D eigenvalue weighted by Crippen LogP contribution is 2.31. The highest BCUT2D eigenvalue weighted by atomic mass is 35.5. The highest BCUT2D eigenvalue weighted by molar-refractivity contribution is 7.14. The summed E-state index contributed by atoms with van der Waals surface area (Å²) >= 11 is 7.46. The van der Waals surface area contributed by atoms with Crippen LogP contribution in [0.2, 0.25) is 5.02 Å². The van der Waals surface area contributed by atoms with Gasteiger partial charge in [0.15, 0.2) is 0 Å². The second kappa shape index (κ2) is 9.20.